The van der Waals surface area contributed by atoms with E-state index in [0.29, 0.717) is 37.9 Å². The molecule has 1 aromatic heterocycles. The van der Waals surface area contributed by atoms with E-state index < -0.39 is 0 Å². The average Bonchev–Trinajstić information content (AvgIpc) is 2.91. The highest BCUT2D eigenvalue weighted by atomic mass is 16.6. The molecule has 2 aromatic rings. The minimum Gasteiger partial charge on any atom is -0.398 e. The van der Waals surface area contributed by atoms with Crippen LogP contribution in [0.1, 0.15) is 5.56 Å². The number of hydrogen-bond acceptors (Lipinski definition) is 6. The molecule has 7 heteroatoms. The summed E-state index contributed by atoms with van der Waals surface area (Å²) in [4.78, 5) is 0. The van der Waals surface area contributed by atoms with E-state index in [9.17, 15) is 0 Å². The van der Waals surface area contributed by atoms with Crippen molar-refractivity contribution in [3.05, 3.63) is 23.8 Å². The second-order valence-electron chi connectivity index (χ2n) is 4.84. The van der Waals surface area contributed by atoms with E-state index >= 15 is 0 Å². The van der Waals surface area contributed by atoms with Crippen molar-refractivity contribution >= 4 is 5.69 Å². The summed E-state index contributed by atoms with van der Waals surface area (Å²) in [6.07, 6.45) is -0.0305. The summed E-state index contributed by atoms with van der Waals surface area (Å²) in [6.45, 7) is 4.37. The van der Waals surface area contributed by atoms with E-state index in [0.717, 1.165) is 11.1 Å². The van der Waals surface area contributed by atoms with E-state index in [1.807, 2.05) is 25.1 Å². The van der Waals surface area contributed by atoms with Crippen LogP contribution in [0.3, 0.4) is 0 Å². The predicted molar refractivity (Wildman–Crippen MR) is 73.0 cm³/mol. The third-order valence-corrected chi connectivity index (χ3v) is 3.24. The molecule has 7 nitrogen and oxygen atoms in total. The molecule has 2 heterocycles. The normalized spacial score (nSPS) is 19.1. The first-order valence-corrected chi connectivity index (χ1v) is 6.56. The van der Waals surface area contributed by atoms with Crippen molar-refractivity contribution in [3.8, 4) is 11.4 Å². The first kappa shape index (κ1) is 13.0. The average molecular weight is 275 g/mol. The Morgan fingerprint density at radius 3 is 3.10 bits per heavy atom. The number of rotatable bonds is 3. The van der Waals surface area contributed by atoms with Gasteiger partial charge in [-0.1, -0.05) is 11.6 Å². The Morgan fingerprint density at radius 2 is 2.30 bits per heavy atom. The van der Waals surface area contributed by atoms with Crippen LogP contribution in [-0.4, -0.2) is 46.1 Å². The summed E-state index contributed by atoms with van der Waals surface area (Å²) in [7, 11) is 0. The second-order valence-corrected chi connectivity index (χ2v) is 4.84. The Bertz CT molecular complexity index is 592. The minimum atomic E-state index is -0.0305. The molecular formula is C13H17N5O2. The van der Waals surface area contributed by atoms with Gasteiger partial charge in [-0.3, -0.25) is 0 Å². The Balaban J connectivity index is 1.87. The Hall–Kier alpha value is -1.99. The molecule has 2 N–H and O–H groups in total. The van der Waals surface area contributed by atoms with Gasteiger partial charge < -0.3 is 15.2 Å². The number of nitrogens with two attached hydrogens (primary N) is 1. The molecule has 1 aliphatic rings. The minimum absolute atomic E-state index is 0.0305. The fraction of sp³-hybridized carbons (Fsp3) is 0.462. The van der Waals surface area contributed by atoms with E-state index in [1.165, 1.54) is 0 Å². The maximum absolute atomic E-state index is 6.02. The molecular weight excluding hydrogens is 258 g/mol. The summed E-state index contributed by atoms with van der Waals surface area (Å²) >= 11 is 0. The molecule has 1 saturated heterocycles. The van der Waals surface area contributed by atoms with Gasteiger partial charge in [0.1, 0.15) is 6.10 Å². The summed E-state index contributed by atoms with van der Waals surface area (Å²) in [5, 5.41) is 11.8. The van der Waals surface area contributed by atoms with Crippen LogP contribution in [0, 0.1) is 6.92 Å². The molecule has 1 unspecified atom stereocenters. The number of nitrogens with zero attached hydrogens (tertiary/aromatic N) is 4. The van der Waals surface area contributed by atoms with Crippen molar-refractivity contribution in [1.29, 1.82) is 0 Å². The quantitative estimate of drug-likeness (QED) is 0.827. The van der Waals surface area contributed by atoms with Crippen LogP contribution in [0.25, 0.3) is 11.4 Å². The van der Waals surface area contributed by atoms with Crippen LogP contribution >= 0.6 is 0 Å². The molecule has 0 amide bonds. The van der Waals surface area contributed by atoms with Crippen LogP contribution in [0.2, 0.25) is 0 Å². The van der Waals surface area contributed by atoms with Crippen molar-refractivity contribution in [2.45, 2.75) is 19.6 Å². The Morgan fingerprint density at radius 1 is 1.40 bits per heavy atom. The van der Waals surface area contributed by atoms with Crippen molar-refractivity contribution < 1.29 is 9.47 Å². The SMILES string of the molecule is Cc1ccc(N)c(-c2nnnn2CC2COCCO2)c1. The molecule has 20 heavy (non-hydrogen) atoms. The zero-order chi connectivity index (χ0) is 13.9. The van der Waals surface area contributed by atoms with Crippen LogP contribution < -0.4 is 5.73 Å². The maximum Gasteiger partial charge on any atom is 0.184 e. The maximum atomic E-state index is 6.02. The lowest BCUT2D eigenvalue weighted by Crippen LogP contribution is -2.32. The van der Waals surface area contributed by atoms with Gasteiger partial charge in [0.05, 0.1) is 26.4 Å². The van der Waals surface area contributed by atoms with Crippen LogP contribution in [0.15, 0.2) is 18.2 Å². The van der Waals surface area contributed by atoms with E-state index in [4.69, 9.17) is 15.2 Å². The van der Waals surface area contributed by atoms with E-state index in [2.05, 4.69) is 15.5 Å². The van der Waals surface area contributed by atoms with Gasteiger partial charge in [0.15, 0.2) is 5.82 Å². The highest BCUT2D eigenvalue weighted by Crippen LogP contribution is 2.24. The zero-order valence-corrected chi connectivity index (χ0v) is 11.3. The first-order valence-electron chi connectivity index (χ1n) is 6.56. The van der Waals surface area contributed by atoms with Crippen molar-refractivity contribution in [2.24, 2.45) is 0 Å². The molecule has 3 rings (SSSR count). The lowest BCUT2D eigenvalue weighted by atomic mass is 10.1. The topological polar surface area (TPSA) is 88.1 Å². The van der Waals surface area contributed by atoms with Crippen molar-refractivity contribution in [1.82, 2.24) is 20.2 Å². The summed E-state index contributed by atoms with van der Waals surface area (Å²) < 4.78 is 12.7. The van der Waals surface area contributed by atoms with Gasteiger partial charge in [0, 0.05) is 11.3 Å². The Kier molecular flexibility index (Phi) is 3.62. The second kappa shape index (κ2) is 5.56. The van der Waals surface area contributed by atoms with E-state index in [1.54, 1.807) is 4.68 Å². The lowest BCUT2D eigenvalue weighted by Gasteiger charge is -2.22. The summed E-state index contributed by atoms with van der Waals surface area (Å²) in [5.41, 5.74) is 8.63. The monoisotopic (exact) mass is 275 g/mol. The molecule has 0 saturated carbocycles. The third kappa shape index (κ3) is 2.63. The number of ether oxygens (including phenoxy) is 2. The highest BCUT2D eigenvalue weighted by Gasteiger charge is 2.19. The van der Waals surface area contributed by atoms with Gasteiger partial charge in [-0.15, -0.1) is 5.10 Å². The molecule has 0 radical (unpaired) electrons. The molecule has 1 atom stereocenters. The summed E-state index contributed by atoms with van der Waals surface area (Å²) in [6, 6.07) is 5.81. The molecule has 0 aliphatic carbocycles. The number of anilines is 1. The molecule has 1 aliphatic heterocycles. The molecule has 1 aromatic carbocycles. The predicted octanol–water partition coefficient (Wildman–Crippen LogP) is 0.646. The number of aromatic nitrogens is 4. The summed E-state index contributed by atoms with van der Waals surface area (Å²) in [5.74, 6) is 0.653. The standard InChI is InChI=1S/C13H17N5O2/c1-9-2-3-12(14)11(6-9)13-15-16-17-18(13)7-10-8-19-4-5-20-10/h2-3,6,10H,4-5,7-8,14H2,1H3. The lowest BCUT2D eigenvalue weighted by molar-refractivity contribution is -0.0946. The first-order chi connectivity index (χ1) is 9.74. The fourth-order valence-corrected chi connectivity index (χ4v) is 2.22. The van der Waals surface area contributed by atoms with Crippen LogP contribution in [-0.2, 0) is 16.0 Å². The number of tetrazole rings is 1. The fourth-order valence-electron chi connectivity index (χ4n) is 2.22. The van der Waals surface area contributed by atoms with Crippen molar-refractivity contribution in [2.75, 3.05) is 25.6 Å². The van der Waals surface area contributed by atoms with Crippen LogP contribution in [0.4, 0.5) is 5.69 Å². The highest BCUT2D eigenvalue weighted by molar-refractivity contribution is 5.72. The van der Waals surface area contributed by atoms with Gasteiger partial charge in [-0.2, -0.15) is 0 Å². The molecule has 1 fully saturated rings. The van der Waals surface area contributed by atoms with Gasteiger partial charge in [-0.25, -0.2) is 4.68 Å². The molecule has 0 spiro atoms. The number of hydrogen-bond donors (Lipinski definition) is 1. The van der Waals surface area contributed by atoms with E-state index in [-0.39, 0.29) is 6.10 Å². The van der Waals surface area contributed by atoms with Gasteiger partial charge in [-0.05, 0) is 29.5 Å². The third-order valence-electron chi connectivity index (χ3n) is 3.24. The number of benzene rings is 1. The van der Waals surface area contributed by atoms with Crippen LogP contribution in [0.5, 0.6) is 0 Å². The number of aryl methyl sites for hydroxylation is 1. The zero-order valence-electron chi connectivity index (χ0n) is 11.3. The Labute approximate surface area is 116 Å². The molecule has 0 bridgehead atoms. The van der Waals surface area contributed by atoms with Gasteiger partial charge >= 0.3 is 0 Å². The van der Waals surface area contributed by atoms with Gasteiger partial charge in [0.2, 0.25) is 0 Å². The largest absolute Gasteiger partial charge is 0.398 e. The van der Waals surface area contributed by atoms with Crippen molar-refractivity contribution in [3.63, 3.8) is 0 Å². The smallest absolute Gasteiger partial charge is 0.184 e. The number of nitrogen functional groups attached to an aromatic ring is 1. The molecule has 106 valence electrons. The van der Waals surface area contributed by atoms with Gasteiger partial charge in [0.25, 0.3) is 0 Å².